The Balaban J connectivity index is 1.85. The van der Waals surface area contributed by atoms with Gasteiger partial charge < -0.3 is 10.1 Å². The lowest BCUT2D eigenvalue weighted by Gasteiger charge is -2.13. The van der Waals surface area contributed by atoms with E-state index in [9.17, 15) is 4.39 Å². The van der Waals surface area contributed by atoms with Gasteiger partial charge in [-0.05, 0) is 43.2 Å². The fourth-order valence-electron chi connectivity index (χ4n) is 1.99. The predicted molar refractivity (Wildman–Crippen MR) is 85.5 cm³/mol. The molecule has 1 saturated carbocycles. The van der Waals surface area contributed by atoms with Crippen molar-refractivity contribution in [2.24, 2.45) is 0 Å². The van der Waals surface area contributed by atoms with Crippen LogP contribution in [-0.2, 0) is 6.54 Å². The normalized spacial score (nSPS) is 14.2. The Morgan fingerprint density at radius 1 is 1.19 bits per heavy atom. The Labute approximate surface area is 136 Å². The Bertz CT molecular complexity index is 661. The molecule has 1 N–H and O–H groups in total. The molecule has 1 aliphatic rings. The number of halogens is 3. The van der Waals surface area contributed by atoms with E-state index in [1.54, 1.807) is 18.2 Å². The summed E-state index contributed by atoms with van der Waals surface area (Å²) in [6, 6.07) is 10.6. The second-order valence-corrected chi connectivity index (χ2v) is 6.44. The van der Waals surface area contributed by atoms with Gasteiger partial charge >= 0.3 is 0 Å². The molecule has 2 nitrogen and oxygen atoms in total. The van der Waals surface area contributed by atoms with Crippen molar-refractivity contribution in [1.82, 2.24) is 5.32 Å². The van der Waals surface area contributed by atoms with E-state index in [1.165, 1.54) is 18.9 Å². The molecule has 0 radical (unpaired) electrons. The fourth-order valence-corrected chi connectivity index (χ4v) is 2.49. The quantitative estimate of drug-likeness (QED) is 0.772. The first kappa shape index (κ1) is 14.8. The summed E-state index contributed by atoms with van der Waals surface area (Å²) in [6.07, 6.45) is 2.42. The van der Waals surface area contributed by atoms with E-state index in [1.807, 2.05) is 12.1 Å². The first-order valence-corrected chi connectivity index (χ1v) is 7.93. The lowest BCUT2D eigenvalue weighted by Crippen LogP contribution is -2.15. The summed E-state index contributed by atoms with van der Waals surface area (Å²) < 4.78 is 20.3. The maximum atomic E-state index is 13.8. The molecule has 0 atom stereocenters. The van der Waals surface area contributed by atoms with Crippen molar-refractivity contribution in [3.05, 3.63) is 57.3 Å². The van der Waals surface area contributed by atoms with Crippen molar-refractivity contribution in [2.45, 2.75) is 25.4 Å². The Morgan fingerprint density at radius 2 is 2.00 bits per heavy atom. The van der Waals surface area contributed by atoms with Gasteiger partial charge in [-0.15, -0.1) is 0 Å². The molecule has 0 amide bonds. The summed E-state index contributed by atoms with van der Waals surface area (Å²) >= 11 is 9.34. The summed E-state index contributed by atoms with van der Waals surface area (Å²) in [5.41, 5.74) is 0.964. The number of rotatable bonds is 5. The Kier molecular flexibility index (Phi) is 4.48. The van der Waals surface area contributed by atoms with Gasteiger partial charge in [0.25, 0.3) is 0 Å². The Hall–Kier alpha value is -1.10. The van der Waals surface area contributed by atoms with E-state index >= 15 is 0 Å². The molecule has 2 aromatic carbocycles. The van der Waals surface area contributed by atoms with Crippen LogP contribution in [0.4, 0.5) is 4.39 Å². The fraction of sp³-hybridized carbons (Fsp3) is 0.250. The largest absolute Gasteiger partial charge is 0.454 e. The molecular weight excluding hydrogens is 357 g/mol. The smallest absolute Gasteiger partial charge is 0.165 e. The predicted octanol–water partition coefficient (Wildman–Crippen LogP) is 5.29. The van der Waals surface area contributed by atoms with E-state index in [0.29, 0.717) is 23.4 Å². The van der Waals surface area contributed by atoms with Gasteiger partial charge in [0.15, 0.2) is 11.6 Å². The molecule has 5 heteroatoms. The molecule has 0 spiro atoms. The van der Waals surface area contributed by atoms with Crippen LogP contribution in [0.1, 0.15) is 18.4 Å². The van der Waals surface area contributed by atoms with Crippen molar-refractivity contribution in [1.29, 1.82) is 0 Å². The number of ether oxygens (including phenoxy) is 1. The first-order valence-electron chi connectivity index (χ1n) is 6.76. The zero-order valence-electron chi connectivity index (χ0n) is 11.2. The monoisotopic (exact) mass is 369 g/mol. The molecule has 0 aromatic heterocycles. The molecule has 1 fully saturated rings. The SMILES string of the molecule is Fc1ccc(Br)cc1Oc1cc(Cl)ccc1CNC1CC1. The van der Waals surface area contributed by atoms with Gasteiger partial charge in [0.1, 0.15) is 5.75 Å². The van der Waals surface area contributed by atoms with Crippen LogP contribution in [0.15, 0.2) is 40.9 Å². The minimum Gasteiger partial charge on any atom is -0.454 e. The third kappa shape index (κ3) is 3.96. The van der Waals surface area contributed by atoms with Gasteiger partial charge in [-0.2, -0.15) is 0 Å². The van der Waals surface area contributed by atoms with E-state index in [0.717, 1.165) is 10.0 Å². The molecule has 0 aliphatic heterocycles. The van der Waals surface area contributed by atoms with Gasteiger partial charge in [0.2, 0.25) is 0 Å². The second kappa shape index (κ2) is 6.34. The van der Waals surface area contributed by atoms with Crippen LogP contribution in [-0.4, -0.2) is 6.04 Å². The van der Waals surface area contributed by atoms with E-state index in [4.69, 9.17) is 16.3 Å². The van der Waals surface area contributed by atoms with Crippen molar-refractivity contribution in [3.63, 3.8) is 0 Å². The number of nitrogens with one attached hydrogen (secondary N) is 1. The summed E-state index contributed by atoms with van der Waals surface area (Å²) in [4.78, 5) is 0. The molecule has 1 aliphatic carbocycles. The minimum absolute atomic E-state index is 0.180. The lowest BCUT2D eigenvalue weighted by atomic mass is 10.2. The third-order valence-electron chi connectivity index (χ3n) is 3.30. The zero-order valence-corrected chi connectivity index (χ0v) is 13.5. The Morgan fingerprint density at radius 3 is 2.76 bits per heavy atom. The number of benzene rings is 2. The second-order valence-electron chi connectivity index (χ2n) is 5.08. The molecule has 0 unspecified atom stereocenters. The van der Waals surface area contributed by atoms with Crippen molar-refractivity contribution in [3.8, 4) is 11.5 Å². The summed E-state index contributed by atoms with van der Waals surface area (Å²) in [7, 11) is 0. The van der Waals surface area contributed by atoms with Crippen LogP contribution in [0.25, 0.3) is 0 Å². The highest BCUT2D eigenvalue weighted by molar-refractivity contribution is 9.10. The standard InChI is InChI=1S/C16H14BrClFNO/c17-11-2-6-14(19)16(7-11)21-15-8-12(18)3-1-10(15)9-20-13-4-5-13/h1-3,6-8,13,20H,4-5,9H2. The summed E-state index contributed by atoms with van der Waals surface area (Å²) in [6.45, 7) is 0.687. The van der Waals surface area contributed by atoms with E-state index in [2.05, 4.69) is 21.2 Å². The van der Waals surface area contributed by atoms with Gasteiger partial charge in [0.05, 0.1) is 0 Å². The highest BCUT2D eigenvalue weighted by atomic mass is 79.9. The van der Waals surface area contributed by atoms with Crippen LogP contribution in [0, 0.1) is 5.82 Å². The topological polar surface area (TPSA) is 21.3 Å². The van der Waals surface area contributed by atoms with Crippen LogP contribution < -0.4 is 10.1 Å². The number of hydrogen-bond donors (Lipinski definition) is 1. The highest BCUT2D eigenvalue weighted by Crippen LogP contribution is 2.32. The van der Waals surface area contributed by atoms with Gasteiger partial charge in [-0.3, -0.25) is 0 Å². The minimum atomic E-state index is -0.403. The van der Waals surface area contributed by atoms with E-state index < -0.39 is 5.82 Å². The van der Waals surface area contributed by atoms with Crippen LogP contribution in [0.2, 0.25) is 5.02 Å². The van der Waals surface area contributed by atoms with Gasteiger partial charge in [-0.25, -0.2) is 4.39 Å². The molecule has 21 heavy (non-hydrogen) atoms. The van der Waals surface area contributed by atoms with Crippen LogP contribution in [0.3, 0.4) is 0 Å². The molecule has 0 heterocycles. The highest BCUT2D eigenvalue weighted by Gasteiger charge is 2.21. The molecule has 2 aromatic rings. The zero-order chi connectivity index (χ0) is 14.8. The van der Waals surface area contributed by atoms with E-state index in [-0.39, 0.29) is 5.75 Å². The van der Waals surface area contributed by atoms with Crippen molar-refractivity contribution < 1.29 is 9.13 Å². The molecule has 3 rings (SSSR count). The summed E-state index contributed by atoms with van der Waals surface area (Å²) in [5.74, 6) is 0.353. The maximum Gasteiger partial charge on any atom is 0.165 e. The molecule has 0 bridgehead atoms. The number of hydrogen-bond acceptors (Lipinski definition) is 2. The van der Waals surface area contributed by atoms with Crippen molar-refractivity contribution >= 4 is 27.5 Å². The molecule has 0 saturated heterocycles. The molecule has 110 valence electrons. The van der Waals surface area contributed by atoms with Gasteiger partial charge in [0, 0.05) is 27.6 Å². The van der Waals surface area contributed by atoms with Crippen LogP contribution in [0.5, 0.6) is 11.5 Å². The molecular formula is C16H14BrClFNO. The third-order valence-corrected chi connectivity index (χ3v) is 4.03. The van der Waals surface area contributed by atoms with Gasteiger partial charge in [-0.1, -0.05) is 33.6 Å². The average molecular weight is 371 g/mol. The average Bonchev–Trinajstić information content (AvgIpc) is 3.26. The summed E-state index contributed by atoms with van der Waals surface area (Å²) in [5, 5.41) is 3.98. The van der Waals surface area contributed by atoms with Crippen molar-refractivity contribution in [2.75, 3.05) is 0 Å². The first-order chi connectivity index (χ1) is 10.1. The lowest BCUT2D eigenvalue weighted by molar-refractivity contribution is 0.435. The maximum absolute atomic E-state index is 13.8. The van der Waals surface area contributed by atoms with Crippen LogP contribution >= 0.6 is 27.5 Å².